The molecule has 2 saturated heterocycles. The maximum absolute atomic E-state index is 15.9. The number of carbonyl (C=O) groups is 1. The van der Waals surface area contributed by atoms with Gasteiger partial charge in [-0.15, -0.1) is 11.8 Å². The highest BCUT2D eigenvalue weighted by molar-refractivity contribution is 7.99. The van der Waals surface area contributed by atoms with Crippen LogP contribution in [0.25, 0.3) is 0 Å². The predicted octanol–water partition coefficient (Wildman–Crippen LogP) is 0.142. The molecule has 0 aromatic heterocycles. The second-order valence-corrected chi connectivity index (χ2v) is 9.94. The van der Waals surface area contributed by atoms with Crippen LogP contribution in [0.1, 0.15) is 39.5 Å². The summed E-state index contributed by atoms with van der Waals surface area (Å²) >= 11 is 1.03. The summed E-state index contributed by atoms with van der Waals surface area (Å²) in [5.74, 6) is -2.95. The van der Waals surface area contributed by atoms with Gasteiger partial charge in [-0.25, -0.2) is 4.39 Å². The highest BCUT2D eigenvalue weighted by Gasteiger charge is 2.59. The molecule has 3 unspecified atom stereocenters. The summed E-state index contributed by atoms with van der Waals surface area (Å²) in [7, 11) is 0. The summed E-state index contributed by atoms with van der Waals surface area (Å²) in [6.07, 6.45) is 0.118. The van der Waals surface area contributed by atoms with Crippen LogP contribution in [0.3, 0.4) is 0 Å². The van der Waals surface area contributed by atoms with Crippen molar-refractivity contribution in [1.82, 2.24) is 10.6 Å². The highest BCUT2D eigenvalue weighted by Crippen LogP contribution is 2.39. The van der Waals surface area contributed by atoms with Crippen molar-refractivity contribution in [2.45, 2.75) is 87.3 Å². The molecule has 10 heteroatoms. The van der Waals surface area contributed by atoms with E-state index in [-0.39, 0.29) is 6.10 Å². The smallest absolute Gasteiger partial charge is 0.259 e. The van der Waals surface area contributed by atoms with Crippen molar-refractivity contribution >= 4 is 17.7 Å². The Kier molecular flexibility index (Phi) is 8.03. The van der Waals surface area contributed by atoms with Crippen LogP contribution in [-0.2, 0) is 14.3 Å². The van der Waals surface area contributed by atoms with Gasteiger partial charge >= 0.3 is 0 Å². The Hall–Kier alpha value is -0.490. The lowest BCUT2D eigenvalue weighted by Crippen LogP contribution is -2.70. The van der Waals surface area contributed by atoms with E-state index in [1.807, 2.05) is 0 Å². The number of rotatable bonds is 8. The van der Waals surface area contributed by atoms with Gasteiger partial charge in [0, 0.05) is 6.61 Å². The van der Waals surface area contributed by atoms with Crippen LogP contribution in [-0.4, -0.2) is 88.4 Å². The van der Waals surface area contributed by atoms with E-state index in [4.69, 9.17) is 9.47 Å². The minimum atomic E-state index is -2.74. The summed E-state index contributed by atoms with van der Waals surface area (Å²) in [5.41, 5.74) is -1.07. The number of piperidine rings is 1. The molecule has 8 nitrogen and oxygen atoms in total. The lowest BCUT2D eigenvalue weighted by molar-refractivity contribution is -0.310. The van der Waals surface area contributed by atoms with Crippen LogP contribution in [0.2, 0.25) is 0 Å². The molecule has 174 valence electrons. The number of alkyl halides is 1. The van der Waals surface area contributed by atoms with E-state index in [1.165, 1.54) is 12.8 Å². The maximum atomic E-state index is 15.9. The lowest BCUT2D eigenvalue weighted by Gasteiger charge is -2.48. The number of ether oxygens (including phenoxy) is 2. The van der Waals surface area contributed by atoms with E-state index in [2.05, 4.69) is 10.6 Å². The largest absolute Gasteiger partial charge is 0.387 e. The fourth-order valence-corrected chi connectivity index (χ4v) is 4.79. The van der Waals surface area contributed by atoms with E-state index in [0.717, 1.165) is 24.8 Å². The number of aliphatic hydroxyl groups excluding tert-OH is 3. The van der Waals surface area contributed by atoms with Gasteiger partial charge in [0.05, 0.1) is 18.2 Å². The molecule has 30 heavy (non-hydrogen) atoms. The van der Waals surface area contributed by atoms with Crippen molar-refractivity contribution in [1.29, 1.82) is 0 Å². The Morgan fingerprint density at radius 2 is 2.00 bits per heavy atom. The molecule has 3 fully saturated rings. The maximum Gasteiger partial charge on any atom is 0.259 e. The van der Waals surface area contributed by atoms with Crippen LogP contribution in [0.4, 0.5) is 4.39 Å². The fraction of sp³-hybridized carbons (Fsp3) is 0.950. The van der Waals surface area contributed by atoms with E-state index < -0.39 is 53.5 Å². The van der Waals surface area contributed by atoms with Gasteiger partial charge in [-0.3, -0.25) is 4.79 Å². The predicted molar refractivity (Wildman–Crippen MR) is 111 cm³/mol. The van der Waals surface area contributed by atoms with E-state index in [0.29, 0.717) is 18.9 Å². The molecular formula is C20H35FN2O6S. The summed E-state index contributed by atoms with van der Waals surface area (Å²) in [4.78, 5) is 12.9. The first-order valence-corrected chi connectivity index (χ1v) is 12.0. The first-order valence-electron chi connectivity index (χ1n) is 10.8. The molecule has 5 N–H and O–H groups in total. The Labute approximate surface area is 181 Å². The normalized spacial score (nSPS) is 40.9. The van der Waals surface area contributed by atoms with Gasteiger partial charge < -0.3 is 35.4 Å². The number of hydrogen-bond acceptors (Lipinski definition) is 8. The quantitative estimate of drug-likeness (QED) is 0.354. The molecule has 0 spiro atoms. The lowest BCUT2D eigenvalue weighted by atomic mass is 9.86. The summed E-state index contributed by atoms with van der Waals surface area (Å²) in [6, 6.07) is -1.76. The van der Waals surface area contributed by atoms with Crippen molar-refractivity contribution in [3.63, 3.8) is 0 Å². The van der Waals surface area contributed by atoms with Gasteiger partial charge in [-0.1, -0.05) is 13.8 Å². The number of amides is 1. The third-order valence-electron chi connectivity index (χ3n) is 6.21. The van der Waals surface area contributed by atoms with Crippen LogP contribution in [0.15, 0.2) is 0 Å². The summed E-state index contributed by atoms with van der Waals surface area (Å²) < 4.78 is 27.3. The van der Waals surface area contributed by atoms with Crippen molar-refractivity contribution in [3.8, 4) is 0 Å². The van der Waals surface area contributed by atoms with Crippen LogP contribution in [0.5, 0.6) is 0 Å². The van der Waals surface area contributed by atoms with Gasteiger partial charge in [0.1, 0.15) is 23.7 Å². The zero-order chi connectivity index (χ0) is 22.1. The Morgan fingerprint density at radius 3 is 2.60 bits per heavy atom. The van der Waals surface area contributed by atoms with Gasteiger partial charge in [0.25, 0.3) is 5.85 Å². The third-order valence-corrected chi connectivity index (χ3v) is 7.05. The second-order valence-electron chi connectivity index (χ2n) is 9.01. The van der Waals surface area contributed by atoms with Crippen molar-refractivity contribution in [2.24, 2.45) is 11.8 Å². The van der Waals surface area contributed by atoms with Crippen molar-refractivity contribution in [2.75, 3.05) is 19.4 Å². The number of hydrogen-bond donors (Lipinski definition) is 5. The van der Waals surface area contributed by atoms with Gasteiger partial charge in [0.2, 0.25) is 5.91 Å². The molecule has 2 heterocycles. The molecule has 8 atom stereocenters. The SMILES string of the molecule is CS[C@@H]1O[C@@](F)(C(NC(=O)C2CC(OCC3CC3)CCN2)C(C)C)[C@@H](O)[C@@H](O)[C@@H]1O. The Balaban J connectivity index is 1.67. The van der Waals surface area contributed by atoms with Crippen LogP contribution in [0, 0.1) is 11.8 Å². The minimum Gasteiger partial charge on any atom is -0.387 e. The van der Waals surface area contributed by atoms with Crippen LogP contribution < -0.4 is 10.6 Å². The molecule has 1 saturated carbocycles. The molecule has 3 rings (SSSR count). The summed E-state index contributed by atoms with van der Waals surface area (Å²) in [5, 5.41) is 36.4. The van der Waals surface area contributed by atoms with Gasteiger partial charge in [-0.05, 0) is 50.3 Å². The van der Waals surface area contributed by atoms with Crippen LogP contribution >= 0.6 is 11.8 Å². The Bertz CT molecular complexity index is 596. The molecule has 0 aromatic rings. The zero-order valence-corrected chi connectivity index (χ0v) is 18.6. The number of halogens is 1. The number of aliphatic hydroxyl groups is 3. The molecule has 3 aliphatic rings. The number of carbonyl (C=O) groups excluding carboxylic acids is 1. The van der Waals surface area contributed by atoms with Gasteiger partial charge in [-0.2, -0.15) is 0 Å². The third kappa shape index (κ3) is 5.28. The molecule has 1 amide bonds. The first kappa shape index (κ1) is 24.2. The number of thioether (sulfide) groups is 1. The van der Waals surface area contributed by atoms with E-state index >= 15 is 4.39 Å². The zero-order valence-electron chi connectivity index (χ0n) is 17.8. The topological polar surface area (TPSA) is 120 Å². The second kappa shape index (κ2) is 9.97. The van der Waals surface area contributed by atoms with Crippen molar-refractivity contribution in [3.05, 3.63) is 0 Å². The van der Waals surface area contributed by atoms with Gasteiger partial charge in [0.15, 0.2) is 0 Å². The van der Waals surface area contributed by atoms with E-state index in [1.54, 1.807) is 20.1 Å². The average Bonchev–Trinajstić information content (AvgIpc) is 3.56. The fourth-order valence-electron chi connectivity index (χ4n) is 4.11. The number of nitrogens with one attached hydrogen (secondary N) is 2. The molecule has 1 aliphatic carbocycles. The molecular weight excluding hydrogens is 415 g/mol. The molecule has 0 aromatic carbocycles. The molecule has 0 bridgehead atoms. The minimum absolute atomic E-state index is 0.0196. The monoisotopic (exact) mass is 450 g/mol. The highest BCUT2D eigenvalue weighted by atomic mass is 32.2. The Morgan fingerprint density at radius 1 is 1.30 bits per heavy atom. The average molecular weight is 451 g/mol. The first-order chi connectivity index (χ1) is 14.2. The summed E-state index contributed by atoms with van der Waals surface area (Å²) in [6.45, 7) is 4.74. The molecule has 2 aliphatic heterocycles. The molecule has 0 radical (unpaired) electrons. The standard InChI is InChI=1S/C20H35FN2O6S/c1-10(2)16(20(21)17(26)14(24)15(25)19(29-20)30-3)23-18(27)13-8-12(6-7-22-13)28-9-11-4-5-11/h10-17,19,22,24-26H,4-9H2,1-3H3,(H,23,27)/t12?,13?,14-,15-,16?,17-,19-,20-/m0/s1. The van der Waals surface area contributed by atoms with Crippen molar-refractivity contribution < 1.29 is 34.0 Å². The van der Waals surface area contributed by atoms with E-state index in [9.17, 15) is 20.1 Å².